The number of aliphatic hydroxyl groups excluding tert-OH is 1. The fraction of sp³-hybridized carbons (Fsp3) is 0.909. The first kappa shape index (κ1) is 11.7. The molecule has 14 heavy (non-hydrogen) atoms. The van der Waals surface area contributed by atoms with Crippen molar-refractivity contribution in [3.63, 3.8) is 0 Å². The van der Waals surface area contributed by atoms with Gasteiger partial charge in [0, 0.05) is 32.0 Å². The summed E-state index contributed by atoms with van der Waals surface area (Å²) >= 11 is 0. The fourth-order valence-corrected chi connectivity index (χ4v) is 1.92. The monoisotopic (exact) mass is 199 g/mol. The first-order valence-corrected chi connectivity index (χ1v) is 5.69. The summed E-state index contributed by atoms with van der Waals surface area (Å²) < 4.78 is 0. The molecule has 0 aliphatic carbocycles. The van der Waals surface area contributed by atoms with Crippen LogP contribution in [0.5, 0.6) is 0 Å². The second kappa shape index (κ2) is 6.96. The molecule has 0 aromatic carbocycles. The Labute approximate surface area is 85.9 Å². The van der Waals surface area contributed by atoms with Gasteiger partial charge in [-0.25, -0.2) is 0 Å². The Bertz CT molecular complexity index is 171. The zero-order valence-corrected chi connectivity index (χ0v) is 8.80. The van der Waals surface area contributed by atoms with Crippen LogP contribution in [-0.4, -0.2) is 30.6 Å². The zero-order valence-electron chi connectivity index (χ0n) is 8.80. The van der Waals surface area contributed by atoms with Gasteiger partial charge in [0.15, 0.2) is 0 Å². The maximum atomic E-state index is 11.4. The van der Waals surface area contributed by atoms with Gasteiger partial charge in [-0.3, -0.25) is 4.79 Å². The summed E-state index contributed by atoms with van der Waals surface area (Å²) in [7, 11) is 0. The lowest BCUT2D eigenvalue weighted by Crippen LogP contribution is -2.36. The van der Waals surface area contributed by atoms with E-state index < -0.39 is 0 Å². The highest BCUT2D eigenvalue weighted by Gasteiger charge is 2.20. The lowest BCUT2D eigenvalue weighted by Gasteiger charge is -2.21. The summed E-state index contributed by atoms with van der Waals surface area (Å²) in [5.41, 5.74) is 0. The van der Waals surface area contributed by atoms with E-state index in [2.05, 4.69) is 5.32 Å². The molecule has 3 heteroatoms. The number of rotatable bonds is 6. The lowest BCUT2D eigenvalue weighted by molar-refractivity contribution is -0.124. The molecule has 0 aromatic heterocycles. The third-order valence-electron chi connectivity index (χ3n) is 2.85. The molecule has 2 N–H and O–H groups in total. The van der Waals surface area contributed by atoms with E-state index in [1.165, 1.54) is 0 Å². The summed E-state index contributed by atoms with van der Waals surface area (Å²) in [6.45, 7) is 2.03. The van der Waals surface area contributed by atoms with Gasteiger partial charge in [0.2, 0.25) is 0 Å². The maximum absolute atomic E-state index is 11.4. The largest absolute Gasteiger partial charge is 0.396 e. The number of hydrogen-bond acceptors (Lipinski definition) is 3. The highest BCUT2D eigenvalue weighted by molar-refractivity contribution is 5.82. The topological polar surface area (TPSA) is 49.3 Å². The smallest absolute Gasteiger partial charge is 0.138 e. The number of hydrogen-bond donors (Lipinski definition) is 2. The number of piperidine rings is 1. The number of unbranched alkanes of at least 4 members (excludes halogenated alkanes) is 3. The van der Waals surface area contributed by atoms with E-state index in [1.54, 1.807) is 0 Å². The van der Waals surface area contributed by atoms with Gasteiger partial charge in [-0.15, -0.1) is 0 Å². The Morgan fingerprint density at radius 1 is 1.29 bits per heavy atom. The van der Waals surface area contributed by atoms with Crippen LogP contribution >= 0.6 is 0 Å². The van der Waals surface area contributed by atoms with Crippen molar-refractivity contribution in [2.45, 2.75) is 38.5 Å². The molecule has 82 valence electrons. The Morgan fingerprint density at radius 2 is 2.07 bits per heavy atom. The van der Waals surface area contributed by atoms with Crippen molar-refractivity contribution in [1.29, 1.82) is 0 Å². The Balaban J connectivity index is 2.02. The molecule has 1 heterocycles. The van der Waals surface area contributed by atoms with E-state index in [0.717, 1.165) is 45.2 Å². The van der Waals surface area contributed by atoms with Crippen molar-refractivity contribution in [3.05, 3.63) is 0 Å². The highest BCUT2D eigenvalue weighted by Crippen LogP contribution is 2.15. The zero-order chi connectivity index (χ0) is 10.2. The first-order chi connectivity index (χ1) is 6.84. The van der Waals surface area contributed by atoms with E-state index in [0.29, 0.717) is 18.8 Å². The second-order valence-corrected chi connectivity index (χ2v) is 4.04. The molecule has 1 unspecified atom stereocenters. The molecule has 1 rings (SSSR count). The molecule has 1 fully saturated rings. The van der Waals surface area contributed by atoms with E-state index in [4.69, 9.17) is 5.11 Å². The summed E-state index contributed by atoms with van der Waals surface area (Å²) in [5, 5.41) is 11.8. The quantitative estimate of drug-likeness (QED) is 0.630. The Morgan fingerprint density at radius 3 is 2.79 bits per heavy atom. The molecular formula is C11H21NO2. The molecule has 0 radical (unpaired) electrons. The van der Waals surface area contributed by atoms with Crippen molar-refractivity contribution >= 4 is 5.78 Å². The second-order valence-electron chi connectivity index (χ2n) is 4.04. The van der Waals surface area contributed by atoms with Crippen LogP contribution in [0.15, 0.2) is 0 Å². The Hall–Kier alpha value is -0.410. The molecule has 1 saturated heterocycles. The number of carbonyl (C=O) groups is 1. The number of aliphatic hydroxyl groups is 1. The van der Waals surface area contributed by atoms with Crippen LogP contribution in [0.3, 0.4) is 0 Å². The number of ketones is 1. The van der Waals surface area contributed by atoms with Gasteiger partial charge >= 0.3 is 0 Å². The van der Waals surface area contributed by atoms with Crippen LogP contribution in [-0.2, 0) is 4.79 Å². The average molecular weight is 199 g/mol. The predicted molar refractivity (Wildman–Crippen MR) is 56.2 cm³/mol. The number of Topliss-reactive ketones (excluding diaryl/α,β-unsaturated/α-hetero) is 1. The van der Waals surface area contributed by atoms with Crippen LogP contribution in [0, 0.1) is 5.92 Å². The summed E-state index contributed by atoms with van der Waals surface area (Å²) in [4.78, 5) is 11.4. The van der Waals surface area contributed by atoms with E-state index in [9.17, 15) is 4.79 Å². The number of carbonyl (C=O) groups excluding carboxylic acids is 1. The molecule has 0 amide bonds. The molecule has 1 atom stereocenters. The van der Waals surface area contributed by atoms with Crippen molar-refractivity contribution in [1.82, 2.24) is 5.32 Å². The maximum Gasteiger partial charge on any atom is 0.138 e. The molecule has 1 aliphatic rings. The minimum absolute atomic E-state index is 0.262. The van der Waals surface area contributed by atoms with E-state index in [-0.39, 0.29) is 5.92 Å². The van der Waals surface area contributed by atoms with Crippen LogP contribution < -0.4 is 5.32 Å². The molecule has 3 nitrogen and oxygen atoms in total. The van der Waals surface area contributed by atoms with E-state index >= 15 is 0 Å². The van der Waals surface area contributed by atoms with Crippen LogP contribution in [0.4, 0.5) is 0 Å². The minimum atomic E-state index is 0.262. The first-order valence-electron chi connectivity index (χ1n) is 5.69. The molecular weight excluding hydrogens is 178 g/mol. The van der Waals surface area contributed by atoms with E-state index in [1.807, 2.05) is 0 Å². The third kappa shape index (κ3) is 4.20. The van der Waals surface area contributed by atoms with Crippen LogP contribution in [0.1, 0.15) is 38.5 Å². The van der Waals surface area contributed by atoms with Crippen molar-refractivity contribution in [3.8, 4) is 0 Å². The highest BCUT2D eigenvalue weighted by atomic mass is 16.2. The predicted octanol–water partition coefficient (Wildman–Crippen LogP) is 1.11. The van der Waals surface area contributed by atoms with Crippen molar-refractivity contribution < 1.29 is 9.90 Å². The normalized spacial score (nSPS) is 22.6. The van der Waals surface area contributed by atoms with Crippen molar-refractivity contribution in [2.75, 3.05) is 19.7 Å². The Kier molecular flexibility index (Phi) is 5.80. The summed E-state index contributed by atoms with van der Waals surface area (Å²) in [5.74, 6) is 0.698. The fourth-order valence-electron chi connectivity index (χ4n) is 1.92. The van der Waals surface area contributed by atoms with Crippen LogP contribution in [0.25, 0.3) is 0 Å². The molecule has 0 aromatic rings. The van der Waals surface area contributed by atoms with Gasteiger partial charge < -0.3 is 10.4 Å². The molecule has 0 bridgehead atoms. The van der Waals surface area contributed by atoms with Crippen molar-refractivity contribution in [2.24, 2.45) is 5.92 Å². The standard InChI is InChI=1S/C11H21NO2/c13-8-4-2-1-3-5-10-9-12-7-6-11(10)14/h10,12-13H,1-9H2. The summed E-state index contributed by atoms with van der Waals surface area (Å²) in [6.07, 6.45) is 5.99. The third-order valence-corrected chi connectivity index (χ3v) is 2.85. The van der Waals surface area contributed by atoms with Gasteiger partial charge in [0.1, 0.15) is 5.78 Å². The van der Waals surface area contributed by atoms with Crippen LogP contribution in [0.2, 0.25) is 0 Å². The van der Waals surface area contributed by atoms with Gasteiger partial charge in [-0.1, -0.05) is 19.3 Å². The number of nitrogens with one attached hydrogen (secondary N) is 1. The van der Waals surface area contributed by atoms with Gasteiger partial charge in [0.05, 0.1) is 0 Å². The van der Waals surface area contributed by atoms with Gasteiger partial charge in [0.25, 0.3) is 0 Å². The van der Waals surface area contributed by atoms with Gasteiger partial charge in [-0.05, 0) is 12.8 Å². The molecule has 0 saturated carbocycles. The molecule has 1 aliphatic heterocycles. The minimum Gasteiger partial charge on any atom is -0.396 e. The van der Waals surface area contributed by atoms with Gasteiger partial charge in [-0.2, -0.15) is 0 Å². The SMILES string of the molecule is O=C1CCNCC1CCCCCCO. The lowest BCUT2D eigenvalue weighted by atomic mass is 9.92. The molecule has 0 spiro atoms. The summed E-state index contributed by atoms with van der Waals surface area (Å²) in [6, 6.07) is 0. The average Bonchev–Trinajstić information content (AvgIpc) is 2.20.